The Morgan fingerprint density at radius 1 is 1.03 bits per heavy atom. The lowest BCUT2D eigenvalue weighted by molar-refractivity contribution is -0.117. The molecule has 4 aromatic rings. The van der Waals surface area contributed by atoms with Crippen molar-refractivity contribution in [2.45, 2.75) is 6.42 Å². The number of aromatic nitrogens is 1. The SMILES string of the molecule is COc1ccc2[nH]cc(/C=C(/NC(=O)c3ccccc3)C(=O)NCCc3cccc(Cl)c3)c2c1. The summed E-state index contributed by atoms with van der Waals surface area (Å²) in [5.41, 5.74) is 3.25. The van der Waals surface area contributed by atoms with Gasteiger partial charge in [0.15, 0.2) is 0 Å². The largest absolute Gasteiger partial charge is 0.497 e. The Morgan fingerprint density at radius 2 is 1.85 bits per heavy atom. The van der Waals surface area contributed by atoms with Crippen molar-refractivity contribution in [2.75, 3.05) is 13.7 Å². The molecule has 3 N–H and O–H groups in total. The molecule has 2 amide bonds. The second-order valence-electron chi connectivity index (χ2n) is 7.67. The summed E-state index contributed by atoms with van der Waals surface area (Å²) in [5.74, 6) is -0.0552. The minimum Gasteiger partial charge on any atom is -0.497 e. The molecular weight excluding hydrogens is 450 g/mol. The lowest BCUT2D eigenvalue weighted by atomic mass is 10.1. The normalized spacial score (nSPS) is 11.3. The maximum Gasteiger partial charge on any atom is 0.267 e. The summed E-state index contributed by atoms with van der Waals surface area (Å²) in [6, 6.07) is 21.9. The average Bonchev–Trinajstić information content (AvgIpc) is 3.26. The molecular formula is C27H24ClN3O3. The van der Waals surface area contributed by atoms with E-state index < -0.39 is 0 Å². The number of fused-ring (bicyclic) bond motifs is 1. The minimum atomic E-state index is -0.386. The first kappa shape index (κ1) is 23.1. The lowest BCUT2D eigenvalue weighted by Crippen LogP contribution is -2.35. The van der Waals surface area contributed by atoms with Gasteiger partial charge in [-0.3, -0.25) is 9.59 Å². The standard InChI is InChI=1S/C27H24ClN3O3/c1-34-22-10-11-24-23(16-22)20(17-30-24)15-25(31-26(32)19-7-3-2-4-8-19)27(33)29-13-12-18-6-5-9-21(28)14-18/h2-11,14-17,30H,12-13H2,1H3,(H,29,33)(H,31,32)/b25-15+. The number of hydrogen-bond acceptors (Lipinski definition) is 3. The maximum absolute atomic E-state index is 13.1. The van der Waals surface area contributed by atoms with Crippen LogP contribution in [0.3, 0.4) is 0 Å². The van der Waals surface area contributed by atoms with Crippen molar-refractivity contribution in [3.05, 3.63) is 106 Å². The topological polar surface area (TPSA) is 83.2 Å². The van der Waals surface area contributed by atoms with E-state index in [2.05, 4.69) is 15.6 Å². The molecule has 0 radical (unpaired) electrons. The highest BCUT2D eigenvalue weighted by atomic mass is 35.5. The number of H-pyrrole nitrogens is 1. The van der Waals surface area contributed by atoms with E-state index in [1.165, 1.54) is 0 Å². The number of rotatable bonds is 8. The van der Waals surface area contributed by atoms with Crippen LogP contribution in [0.25, 0.3) is 17.0 Å². The van der Waals surface area contributed by atoms with Gasteiger partial charge < -0.3 is 20.4 Å². The molecule has 7 heteroatoms. The highest BCUT2D eigenvalue weighted by Gasteiger charge is 2.16. The van der Waals surface area contributed by atoms with Crippen LogP contribution in [-0.2, 0) is 11.2 Å². The number of carbonyl (C=O) groups is 2. The molecule has 34 heavy (non-hydrogen) atoms. The van der Waals surface area contributed by atoms with Gasteiger partial charge >= 0.3 is 0 Å². The summed E-state index contributed by atoms with van der Waals surface area (Å²) >= 11 is 6.05. The molecule has 0 aliphatic rings. The molecule has 0 aliphatic heterocycles. The van der Waals surface area contributed by atoms with E-state index in [1.807, 2.05) is 42.5 Å². The molecule has 0 spiro atoms. The average molecular weight is 474 g/mol. The summed E-state index contributed by atoms with van der Waals surface area (Å²) in [5, 5.41) is 7.18. The third kappa shape index (κ3) is 5.66. The number of amides is 2. The third-order valence-electron chi connectivity index (χ3n) is 5.34. The zero-order chi connectivity index (χ0) is 23.9. The molecule has 3 aromatic carbocycles. The first-order chi connectivity index (χ1) is 16.5. The quantitative estimate of drug-likeness (QED) is 0.316. The van der Waals surface area contributed by atoms with Crippen LogP contribution in [0, 0.1) is 0 Å². The van der Waals surface area contributed by atoms with Crippen LogP contribution in [-0.4, -0.2) is 30.5 Å². The molecule has 1 aromatic heterocycles. The second-order valence-corrected chi connectivity index (χ2v) is 8.11. The Hall–Kier alpha value is -4.03. The minimum absolute atomic E-state index is 0.142. The van der Waals surface area contributed by atoms with Crippen molar-refractivity contribution in [3.63, 3.8) is 0 Å². The Balaban J connectivity index is 1.58. The fourth-order valence-electron chi connectivity index (χ4n) is 3.57. The number of halogens is 1. The van der Waals surface area contributed by atoms with E-state index in [0.29, 0.717) is 29.3 Å². The maximum atomic E-state index is 13.1. The van der Waals surface area contributed by atoms with Crippen LogP contribution in [0.5, 0.6) is 5.75 Å². The van der Waals surface area contributed by atoms with Gasteiger partial charge in [0.1, 0.15) is 11.4 Å². The van der Waals surface area contributed by atoms with Crippen LogP contribution in [0.2, 0.25) is 5.02 Å². The lowest BCUT2D eigenvalue weighted by Gasteiger charge is -2.11. The summed E-state index contributed by atoms with van der Waals surface area (Å²) in [6.45, 7) is 0.388. The van der Waals surface area contributed by atoms with Crippen LogP contribution in [0.4, 0.5) is 0 Å². The number of aromatic amines is 1. The number of hydrogen-bond donors (Lipinski definition) is 3. The molecule has 6 nitrogen and oxygen atoms in total. The monoisotopic (exact) mass is 473 g/mol. The van der Waals surface area contributed by atoms with Crippen LogP contribution < -0.4 is 15.4 Å². The number of benzene rings is 3. The molecule has 0 saturated carbocycles. The Morgan fingerprint density at radius 3 is 2.62 bits per heavy atom. The first-order valence-electron chi connectivity index (χ1n) is 10.8. The van der Waals surface area contributed by atoms with E-state index >= 15 is 0 Å². The zero-order valence-electron chi connectivity index (χ0n) is 18.6. The number of ether oxygens (including phenoxy) is 1. The Bertz CT molecular complexity index is 1350. The Kier molecular flexibility index (Phi) is 7.30. The molecule has 0 bridgehead atoms. The van der Waals surface area contributed by atoms with Crippen molar-refractivity contribution in [3.8, 4) is 5.75 Å². The summed E-state index contributed by atoms with van der Waals surface area (Å²) in [7, 11) is 1.60. The van der Waals surface area contributed by atoms with E-state index in [0.717, 1.165) is 22.0 Å². The van der Waals surface area contributed by atoms with Crippen molar-refractivity contribution in [1.29, 1.82) is 0 Å². The van der Waals surface area contributed by atoms with Gasteiger partial charge in [0.05, 0.1) is 7.11 Å². The van der Waals surface area contributed by atoms with E-state index in [1.54, 1.807) is 49.7 Å². The fourth-order valence-corrected chi connectivity index (χ4v) is 3.79. The van der Waals surface area contributed by atoms with Crippen LogP contribution in [0.1, 0.15) is 21.5 Å². The summed E-state index contributed by atoms with van der Waals surface area (Å²) in [4.78, 5) is 29.1. The molecule has 0 aliphatic carbocycles. The Labute approximate surface area is 202 Å². The molecule has 0 unspecified atom stereocenters. The molecule has 0 fully saturated rings. The van der Waals surface area contributed by atoms with Gasteiger partial charge in [0.2, 0.25) is 0 Å². The fraction of sp³-hybridized carbons (Fsp3) is 0.111. The number of nitrogens with one attached hydrogen (secondary N) is 3. The summed E-state index contributed by atoms with van der Waals surface area (Å²) in [6.07, 6.45) is 4.06. The second kappa shape index (κ2) is 10.7. The van der Waals surface area contributed by atoms with Crippen molar-refractivity contribution < 1.29 is 14.3 Å². The van der Waals surface area contributed by atoms with Gasteiger partial charge in [-0.05, 0) is 60.5 Å². The van der Waals surface area contributed by atoms with Gasteiger partial charge in [0, 0.05) is 39.8 Å². The third-order valence-corrected chi connectivity index (χ3v) is 5.57. The van der Waals surface area contributed by atoms with Crippen LogP contribution in [0.15, 0.2) is 84.7 Å². The molecule has 0 atom stereocenters. The van der Waals surface area contributed by atoms with Gasteiger partial charge in [-0.1, -0.05) is 41.9 Å². The first-order valence-corrected chi connectivity index (χ1v) is 11.2. The highest BCUT2D eigenvalue weighted by Crippen LogP contribution is 2.25. The van der Waals surface area contributed by atoms with Gasteiger partial charge in [-0.2, -0.15) is 0 Å². The van der Waals surface area contributed by atoms with Gasteiger partial charge in [-0.25, -0.2) is 0 Å². The number of methoxy groups -OCH3 is 1. The van der Waals surface area contributed by atoms with E-state index in [4.69, 9.17) is 16.3 Å². The highest BCUT2D eigenvalue weighted by molar-refractivity contribution is 6.30. The summed E-state index contributed by atoms with van der Waals surface area (Å²) < 4.78 is 5.33. The smallest absolute Gasteiger partial charge is 0.267 e. The van der Waals surface area contributed by atoms with Crippen LogP contribution >= 0.6 is 11.6 Å². The predicted octanol–water partition coefficient (Wildman–Crippen LogP) is 4.96. The van der Waals surface area contributed by atoms with Crippen molar-refractivity contribution in [2.24, 2.45) is 0 Å². The zero-order valence-corrected chi connectivity index (χ0v) is 19.4. The van der Waals surface area contributed by atoms with Gasteiger partial charge in [-0.15, -0.1) is 0 Å². The molecule has 0 saturated heterocycles. The molecule has 4 rings (SSSR count). The number of carbonyl (C=O) groups excluding carboxylic acids is 2. The van der Waals surface area contributed by atoms with Gasteiger partial charge in [0.25, 0.3) is 11.8 Å². The van der Waals surface area contributed by atoms with E-state index in [-0.39, 0.29) is 17.5 Å². The predicted molar refractivity (Wildman–Crippen MR) is 135 cm³/mol. The molecule has 172 valence electrons. The molecule has 1 heterocycles. The van der Waals surface area contributed by atoms with E-state index in [9.17, 15) is 9.59 Å². The van der Waals surface area contributed by atoms with Crippen molar-refractivity contribution >= 4 is 40.4 Å². The van der Waals surface area contributed by atoms with Crippen molar-refractivity contribution in [1.82, 2.24) is 15.6 Å².